The summed E-state index contributed by atoms with van der Waals surface area (Å²) in [5.74, 6) is 0.736. The lowest BCUT2D eigenvalue weighted by Crippen LogP contribution is -2.38. The van der Waals surface area contributed by atoms with Gasteiger partial charge in [0, 0.05) is 12.0 Å². The van der Waals surface area contributed by atoms with Crippen molar-refractivity contribution in [1.29, 1.82) is 0 Å². The molecule has 2 rings (SSSR count). The number of nitrogens with one attached hydrogen (secondary N) is 1. The maximum absolute atomic E-state index is 3.69. The summed E-state index contributed by atoms with van der Waals surface area (Å²) in [5, 5.41) is 3.69. The molecule has 1 aromatic rings. The molecule has 0 radical (unpaired) electrons. The van der Waals surface area contributed by atoms with Gasteiger partial charge in [0.2, 0.25) is 0 Å². The van der Waals surface area contributed by atoms with Crippen LogP contribution in [0.1, 0.15) is 50.7 Å². The zero-order valence-corrected chi connectivity index (χ0v) is 12.1. The van der Waals surface area contributed by atoms with Gasteiger partial charge in [0.25, 0.3) is 0 Å². The van der Waals surface area contributed by atoms with Crippen molar-refractivity contribution >= 4 is 0 Å². The first-order chi connectivity index (χ1) is 8.64. The van der Waals surface area contributed by atoms with E-state index in [1.807, 2.05) is 0 Å². The largest absolute Gasteiger partial charge is 0.316 e. The molecule has 1 heteroatoms. The SMILES string of the molecule is Cc1ccccc1C1(CNCC(C)C)CCCC1. The van der Waals surface area contributed by atoms with Gasteiger partial charge >= 0.3 is 0 Å². The highest BCUT2D eigenvalue weighted by Crippen LogP contribution is 2.41. The molecule has 0 spiro atoms. The maximum Gasteiger partial charge on any atom is 0.00804 e. The standard InChI is InChI=1S/C17H27N/c1-14(2)12-18-13-17(10-6-7-11-17)16-9-5-4-8-15(16)3/h4-5,8-9,14,18H,6-7,10-13H2,1-3H3. The molecule has 0 unspecified atom stereocenters. The molecule has 1 N–H and O–H groups in total. The fraction of sp³-hybridized carbons (Fsp3) is 0.647. The predicted octanol–water partition coefficient (Wildman–Crippen LogP) is 4.05. The lowest BCUT2D eigenvalue weighted by molar-refractivity contribution is 0.389. The normalized spacial score (nSPS) is 18.4. The van der Waals surface area contributed by atoms with Crippen molar-refractivity contribution in [2.75, 3.05) is 13.1 Å². The monoisotopic (exact) mass is 245 g/mol. The van der Waals surface area contributed by atoms with Gasteiger partial charge in [0.1, 0.15) is 0 Å². The summed E-state index contributed by atoms with van der Waals surface area (Å²) in [6.07, 6.45) is 5.47. The third kappa shape index (κ3) is 2.95. The van der Waals surface area contributed by atoms with Crippen molar-refractivity contribution in [3.05, 3.63) is 35.4 Å². The first-order valence-electron chi connectivity index (χ1n) is 7.41. The molecule has 0 atom stereocenters. The summed E-state index contributed by atoms with van der Waals surface area (Å²) in [6, 6.07) is 8.96. The summed E-state index contributed by atoms with van der Waals surface area (Å²) in [7, 11) is 0. The first kappa shape index (κ1) is 13.6. The highest BCUT2D eigenvalue weighted by molar-refractivity contribution is 5.34. The van der Waals surface area contributed by atoms with Crippen LogP contribution in [0, 0.1) is 12.8 Å². The van der Waals surface area contributed by atoms with Gasteiger partial charge in [0.05, 0.1) is 0 Å². The molecule has 0 heterocycles. The Bertz CT molecular complexity index is 375. The second-order valence-corrected chi connectivity index (χ2v) is 6.33. The predicted molar refractivity (Wildman–Crippen MR) is 79.0 cm³/mol. The zero-order valence-electron chi connectivity index (χ0n) is 12.1. The quantitative estimate of drug-likeness (QED) is 0.825. The molecule has 100 valence electrons. The van der Waals surface area contributed by atoms with E-state index in [0.29, 0.717) is 5.41 Å². The molecule has 1 saturated carbocycles. The minimum atomic E-state index is 0.403. The van der Waals surface area contributed by atoms with E-state index >= 15 is 0 Å². The molecular weight excluding hydrogens is 218 g/mol. The lowest BCUT2D eigenvalue weighted by atomic mass is 9.76. The molecule has 1 nitrogen and oxygen atoms in total. The van der Waals surface area contributed by atoms with Crippen LogP contribution < -0.4 is 5.32 Å². The van der Waals surface area contributed by atoms with Crippen molar-refractivity contribution in [2.45, 2.75) is 51.9 Å². The van der Waals surface area contributed by atoms with Gasteiger partial charge in [-0.15, -0.1) is 0 Å². The van der Waals surface area contributed by atoms with E-state index in [0.717, 1.165) is 19.0 Å². The molecule has 0 aromatic heterocycles. The smallest absolute Gasteiger partial charge is 0.00804 e. The van der Waals surface area contributed by atoms with E-state index in [9.17, 15) is 0 Å². The number of rotatable bonds is 5. The number of benzene rings is 1. The summed E-state index contributed by atoms with van der Waals surface area (Å²) in [6.45, 7) is 9.10. The van der Waals surface area contributed by atoms with E-state index in [1.165, 1.54) is 31.2 Å². The molecule has 1 aromatic carbocycles. The topological polar surface area (TPSA) is 12.0 Å². The van der Waals surface area contributed by atoms with Crippen LogP contribution >= 0.6 is 0 Å². The second kappa shape index (κ2) is 5.88. The van der Waals surface area contributed by atoms with E-state index in [-0.39, 0.29) is 0 Å². The summed E-state index contributed by atoms with van der Waals surface area (Å²) >= 11 is 0. The fourth-order valence-corrected chi connectivity index (χ4v) is 3.36. The Morgan fingerprint density at radius 1 is 1.17 bits per heavy atom. The Morgan fingerprint density at radius 3 is 2.44 bits per heavy atom. The first-order valence-corrected chi connectivity index (χ1v) is 7.41. The van der Waals surface area contributed by atoms with Crippen molar-refractivity contribution in [1.82, 2.24) is 5.32 Å². The van der Waals surface area contributed by atoms with Gasteiger partial charge in [-0.2, -0.15) is 0 Å². The Morgan fingerprint density at radius 2 is 1.83 bits per heavy atom. The van der Waals surface area contributed by atoms with Gasteiger partial charge in [-0.3, -0.25) is 0 Å². The number of hydrogen-bond donors (Lipinski definition) is 1. The van der Waals surface area contributed by atoms with E-state index in [1.54, 1.807) is 5.56 Å². The average Bonchev–Trinajstić information content (AvgIpc) is 2.79. The molecule has 1 aliphatic carbocycles. The van der Waals surface area contributed by atoms with Crippen LogP contribution in [0.4, 0.5) is 0 Å². The van der Waals surface area contributed by atoms with Gasteiger partial charge < -0.3 is 5.32 Å². The molecular formula is C17H27N. The average molecular weight is 245 g/mol. The van der Waals surface area contributed by atoms with Gasteiger partial charge in [-0.25, -0.2) is 0 Å². The molecule has 0 amide bonds. The van der Waals surface area contributed by atoms with Crippen LogP contribution in [0.25, 0.3) is 0 Å². The Hall–Kier alpha value is -0.820. The third-order valence-electron chi connectivity index (χ3n) is 4.29. The zero-order chi connectivity index (χ0) is 13.0. The Labute approximate surface area is 112 Å². The molecule has 0 aliphatic heterocycles. The Kier molecular flexibility index (Phi) is 4.45. The van der Waals surface area contributed by atoms with Crippen molar-refractivity contribution < 1.29 is 0 Å². The van der Waals surface area contributed by atoms with Crippen LogP contribution in [0.2, 0.25) is 0 Å². The second-order valence-electron chi connectivity index (χ2n) is 6.33. The highest BCUT2D eigenvalue weighted by Gasteiger charge is 2.35. The van der Waals surface area contributed by atoms with Crippen molar-refractivity contribution in [2.24, 2.45) is 5.92 Å². The van der Waals surface area contributed by atoms with Crippen LogP contribution in [-0.2, 0) is 5.41 Å². The van der Waals surface area contributed by atoms with Gasteiger partial charge in [-0.05, 0) is 43.4 Å². The summed E-state index contributed by atoms with van der Waals surface area (Å²) in [4.78, 5) is 0. The minimum Gasteiger partial charge on any atom is -0.316 e. The van der Waals surface area contributed by atoms with Crippen LogP contribution in [0.5, 0.6) is 0 Å². The van der Waals surface area contributed by atoms with E-state index in [4.69, 9.17) is 0 Å². The van der Waals surface area contributed by atoms with Crippen LogP contribution in [0.3, 0.4) is 0 Å². The molecule has 0 saturated heterocycles. The lowest BCUT2D eigenvalue weighted by Gasteiger charge is -2.32. The molecule has 1 aliphatic rings. The third-order valence-corrected chi connectivity index (χ3v) is 4.29. The summed E-state index contributed by atoms with van der Waals surface area (Å²) in [5.41, 5.74) is 3.45. The molecule has 18 heavy (non-hydrogen) atoms. The van der Waals surface area contributed by atoms with Crippen molar-refractivity contribution in [3.8, 4) is 0 Å². The van der Waals surface area contributed by atoms with Crippen LogP contribution in [0.15, 0.2) is 24.3 Å². The van der Waals surface area contributed by atoms with Crippen molar-refractivity contribution in [3.63, 3.8) is 0 Å². The van der Waals surface area contributed by atoms with Gasteiger partial charge in [-0.1, -0.05) is 51.0 Å². The number of aryl methyl sites for hydroxylation is 1. The Balaban J connectivity index is 2.14. The van der Waals surface area contributed by atoms with E-state index in [2.05, 4.69) is 50.4 Å². The fourth-order valence-electron chi connectivity index (χ4n) is 3.36. The summed E-state index contributed by atoms with van der Waals surface area (Å²) < 4.78 is 0. The maximum atomic E-state index is 3.69. The minimum absolute atomic E-state index is 0.403. The highest BCUT2D eigenvalue weighted by atomic mass is 14.9. The molecule has 1 fully saturated rings. The number of hydrogen-bond acceptors (Lipinski definition) is 1. The van der Waals surface area contributed by atoms with E-state index < -0.39 is 0 Å². The van der Waals surface area contributed by atoms with Crippen LogP contribution in [-0.4, -0.2) is 13.1 Å². The van der Waals surface area contributed by atoms with Gasteiger partial charge in [0.15, 0.2) is 0 Å². The molecule has 0 bridgehead atoms.